The molecule has 2 aliphatic rings. The zero-order chi connectivity index (χ0) is 17.3. The van der Waals surface area contributed by atoms with Crippen LogP contribution >= 0.6 is 0 Å². The Morgan fingerprint density at radius 3 is 2.67 bits per heavy atom. The molecule has 4 unspecified atom stereocenters. The van der Waals surface area contributed by atoms with Crippen LogP contribution in [0.5, 0.6) is 0 Å². The van der Waals surface area contributed by atoms with Crippen molar-refractivity contribution in [2.24, 2.45) is 11.8 Å². The first-order chi connectivity index (χ1) is 11.5. The van der Waals surface area contributed by atoms with Crippen molar-refractivity contribution in [2.45, 2.75) is 37.8 Å². The van der Waals surface area contributed by atoms with Gasteiger partial charge < -0.3 is 15.3 Å². The highest BCUT2D eigenvalue weighted by Crippen LogP contribution is 2.37. The van der Waals surface area contributed by atoms with Crippen LogP contribution in [0.15, 0.2) is 24.3 Å². The van der Waals surface area contributed by atoms with Gasteiger partial charge in [-0.1, -0.05) is 18.6 Å². The smallest absolute Gasteiger partial charge is 0.226 e. The number of amides is 2. The number of hydrogen-bond acceptors (Lipinski definition) is 3. The molecule has 0 radical (unpaired) electrons. The van der Waals surface area contributed by atoms with Gasteiger partial charge in [0.1, 0.15) is 5.82 Å². The second-order valence-corrected chi connectivity index (χ2v) is 6.82. The number of nitrogens with zero attached hydrogens (tertiary/aromatic N) is 1. The molecule has 130 valence electrons. The Bertz CT molecular complexity index is 619. The van der Waals surface area contributed by atoms with Gasteiger partial charge in [0.15, 0.2) is 0 Å². The van der Waals surface area contributed by atoms with Crippen LogP contribution in [0.2, 0.25) is 0 Å². The van der Waals surface area contributed by atoms with E-state index in [0.717, 1.165) is 24.8 Å². The fourth-order valence-electron chi connectivity index (χ4n) is 3.84. The van der Waals surface area contributed by atoms with E-state index in [2.05, 4.69) is 5.32 Å². The van der Waals surface area contributed by atoms with Crippen LogP contribution in [0.4, 0.5) is 4.39 Å². The number of rotatable bonds is 4. The Hall–Kier alpha value is -1.95. The van der Waals surface area contributed by atoms with E-state index in [-0.39, 0.29) is 42.1 Å². The molecular formula is C18H23FN2O3. The molecule has 1 aliphatic carbocycles. The first-order valence-corrected chi connectivity index (χ1v) is 8.44. The number of aliphatic hydroxyl groups is 1. The van der Waals surface area contributed by atoms with Gasteiger partial charge in [-0.05, 0) is 30.5 Å². The third-order valence-electron chi connectivity index (χ3n) is 5.29. The summed E-state index contributed by atoms with van der Waals surface area (Å²) in [6.45, 7) is 0.435. The summed E-state index contributed by atoms with van der Waals surface area (Å²) in [5, 5.41) is 12.8. The molecule has 3 rings (SSSR count). The maximum atomic E-state index is 13.1. The summed E-state index contributed by atoms with van der Waals surface area (Å²) in [4.78, 5) is 26.2. The van der Waals surface area contributed by atoms with Gasteiger partial charge in [0.2, 0.25) is 11.8 Å². The predicted molar refractivity (Wildman–Crippen MR) is 86.4 cm³/mol. The zero-order valence-electron chi connectivity index (χ0n) is 13.7. The summed E-state index contributed by atoms with van der Waals surface area (Å²) in [6.07, 6.45) is 2.46. The summed E-state index contributed by atoms with van der Waals surface area (Å²) in [5.74, 6) is -1.02. The monoisotopic (exact) mass is 334 g/mol. The van der Waals surface area contributed by atoms with Crippen molar-refractivity contribution in [3.63, 3.8) is 0 Å². The lowest BCUT2D eigenvalue weighted by Gasteiger charge is -2.25. The molecule has 1 aromatic rings. The second kappa shape index (κ2) is 6.89. The van der Waals surface area contributed by atoms with Gasteiger partial charge in [0, 0.05) is 25.9 Å². The lowest BCUT2D eigenvalue weighted by molar-refractivity contribution is -0.128. The molecule has 2 amide bonds. The first kappa shape index (κ1) is 16.9. The van der Waals surface area contributed by atoms with Gasteiger partial charge in [-0.25, -0.2) is 4.39 Å². The van der Waals surface area contributed by atoms with Crippen LogP contribution in [-0.4, -0.2) is 41.5 Å². The molecule has 1 saturated carbocycles. The number of carbonyl (C=O) groups is 2. The van der Waals surface area contributed by atoms with Crippen molar-refractivity contribution in [3.8, 4) is 0 Å². The second-order valence-electron chi connectivity index (χ2n) is 6.82. The van der Waals surface area contributed by atoms with Crippen molar-refractivity contribution in [3.05, 3.63) is 35.6 Å². The molecular weight excluding hydrogens is 311 g/mol. The van der Waals surface area contributed by atoms with E-state index in [1.807, 2.05) is 0 Å². The summed E-state index contributed by atoms with van der Waals surface area (Å²) in [7, 11) is 1.67. The van der Waals surface area contributed by atoms with Crippen LogP contribution in [-0.2, 0) is 9.59 Å². The van der Waals surface area contributed by atoms with Gasteiger partial charge in [-0.3, -0.25) is 9.59 Å². The summed E-state index contributed by atoms with van der Waals surface area (Å²) in [5.41, 5.74) is 0.755. The van der Waals surface area contributed by atoms with Crippen molar-refractivity contribution in [1.82, 2.24) is 10.2 Å². The predicted octanol–water partition coefficient (Wildman–Crippen LogP) is 1.62. The van der Waals surface area contributed by atoms with Gasteiger partial charge in [-0.2, -0.15) is 0 Å². The van der Waals surface area contributed by atoms with Gasteiger partial charge in [-0.15, -0.1) is 0 Å². The topological polar surface area (TPSA) is 69.6 Å². The van der Waals surface area contributed by atoms with Gasteiger partial charge >= 0.3 is 0 Å². The Balaban J connectivity index is 1.71. The third-order valence-corrected chi connectivity index (χ3v) is 5.29. The SMILES string of the molecule is CN1C(=O)CC(C(=O)NCC2CCCC2O)C1c1ccc(F)cc1. The number of nitrogens with one attached hydrogen (secondary N) is 1. The number of hydrogen-bond donors (Lipinski definition) is 2. The fourth-order valence-corrected chi connectivity index (χ4v) is 3.84. The molecule has 1 saturated heterocycles. The van der Waals surface area contributed by atoms with Gasteiger partial charge in [0.25, 0.3) is 0 Å². The maximum Gasteiger partial charge on any atom is 0.226 e. The number of halogens is 1. The first-order valence-electron chi connectivity index (χ1n) is 8.44. The Labute approximate surface area is 140 Å². The zero-order valence-corrected chi connectivity index (χ0v) is 13.7. The number of likely N-dealkylation sites (tertiary alicyclic amines) is 1. The highest BCUT2D eigenvalue weighted by molar-refractivity contribution is 5.90. The normalized spacial score (nSPS) is 30.0. The van der Waals surface area contributed by atoms with Crippen molar-refractivity contribution in [2.75, 3.05) is 13.6 Å². The van der Waals surface area contributed by atoms with E-state index in [0.29, 0.717) is 6.54 Å². The standard InChI is InChI=1S/C18H23FN2O3/c1-21-16(23)9-14(17(21)11-5-7-13(19)8-6-11)18(24)20-10-12-3-2-4-15(12)22/h5-8,12,14-15,17,22H,2-4,9-10H2,1H3,(H,20,24). The molecule has 2 N–H and O–H groups in total. The van der Waals surface area contributed by atoms with Crippen LogP contribution in [0, 0.1) is 17.7 Å². The molecule has 24 heavy (non-hydrogen) atoms. The van der Waals surface area contributed by atoms with Crippen molar-refractivity contribution < 1.29 is 19.1 Å². The van der Waals surface area contributed by atoms with Crippen LogP contribution in [0.3, 0.4) is 0 Å². The highest BCUT2D eigenvalue weighted by Gasteiger charge is 2.42. The van der Waals surface area contributed by atoms with E-state index in [1.165, 1.54) is 12.1 Å². The minimum absolute atomic E-state index is 0.0908. The van der Waals surface area contributed by atoms with E-state index in [9.17, 15) is 19.1 Å². The lowest BCUT2D eigenvalue weighted by Crippen LogP contribution is -2.38. The minimum atomic E-state index is -0.494. The van der Waals surface area contributed by atoms with E-state index in [1.54, 1.807) is 24.1 Å². The molecule has 1 aliphatic heterocycles. The Kier molecular flexibility index (Phi) is 4.85. The molecule has 1 heterocycles. The quantitative estimate of drug-likeness (QED) is 0.879. The number of benzene rings is 1. The fraction of sp³-hybridized carbons (Fsp3) is 0.556. The van der Waals surface area contributed by atoms with Crippen LogP contribution in [0.25, 0.3) is 0 Å². The largest absolute Gasteiger partial charge is 0.393 e. The minimum Gasteiger partial charge on any atom is -0.393 e. The Morgan fingerprint density at radius 1 is 1.33 bits per heavy atom. The molecule has 5 nitrogen and oxygen atoms in total. The average Bonchev–Trinajstić information content (AvgIpc) is 3.10. The maximum absolute atomic E-state index is 13.1. The Morgan fingerprint density at radius 2 is 2.04 bits per heavy atom. The van der Waals surface area contributed by atoms with Crippen LogP contribution < -0.4 is 5.32 Å². The van der Waals surface area contributed by atoms with Crippen molar-refractivity contribution >= 4 is 11.8 Å². The average molecular weight is 334 g/mol. The number of aliphatic hydroxyl groups excluding tert-OH is 1. The molecule has 6 heteroatoms. The molecule has 0 spiro atoms. The summed E-state index contributed by atoms with van der Waals surface area (Å²) in [6, 6.07) is 5.55. The lowest BCUT2D eigenvalue weighted by atomic mass is 9.92. The van der Waals surface area contributed by atoms with Crippen LogP contribution in [0.1, 0.15) is 37.3 Å². The summed E-state index contributed by atoms with van der Waals surface area (Å²) >= 11 is 0. The molecule has 4 atom stereocenters. The molecule has 1 aromatic carbocycles. The highest BCUT2D eigenvalue weighted by atomic mass is 19.1. The number of carbonyl (C=O) groups excluding carboxylic acids is 2. The van der Waals surface area contributed by atoms with Crippen molar-refractivity contribution in [1.29, 1.82) is 0 Å². The summed E-state index contributed by atoms with van der Waals surface area (Å²) < 4.78 is 13.1. The third kappa shape index (κ3) is 3.29. The molecule has 2 fully saturated rings. The molecule has 0 bridgehead atoms. The molecule has 0 aromatic heterocycles. The van der Waals surface area contributed by atoms with Gasteiger partial charge in [0.05, 0.1) is 18.1 Å². The van der Waals surface area contributed by atoms with E-state index < -0.39 is 5.92 Å². The van der Waals surface area contributed by atoms with E-state index in [4.69, 9.17) is 0 Å². The van der Waals surface area contributed by atoms with E-state index >= 15 is 0 Å².